The molecule has 6 heteroatoms. The second kappa shape index (κ2) is 4.23. The van der Waals surface area contributed by atoms with Crippen LogP contribution in [-0.4, -0.2) is 45.1 Å². The van der Waals surface area contributed by atoms with Gasteiger partial charge in [-0.3, -0.25) is 0 Å². The van der Waals surface area contributed by atoms with E-state index in [-0.39, 0.29) is 26.7 Å². The molecule has 1 rings (SSSR count). The van der Waals surface area contributed by atoms with Crippen LogP contribution in [0.1, 0.15) is 20.8 Å². The van der Waals surface area contributed by atoms with Crippen molar-refractivity contribution < 1.29 is 29.6 Å². The predicted octanol–water partition coefficient (Wildman–Crippen LogP) is -2.68. The van der Waals surface area contributed by atoms with Crippen LogP contribution in [0.5, 0.6) is 0 Å². The Bertz CT molecular complexity index is 297. The SMILES string of the molecule is C[I-]CN1CCN(C(C)(C)C)S1(=O)=O. The molecule has 1 aliphatic rings. The van der Waals surface area contributed by atoms with Crippen LogP contribution >= 0.6 is 0 Å². The first-order valence-corrected chi connectivity index (χ1v) is 9.60. The Morgan fingerprint density at radius 3 is 2.21 bits per heavy atom. The van der Waals surface area contributed by atoms with Crippen LogP contribution in [0.15, 0.2) is 0 Å². The first-order chi connectivity index (χ1) is 6.30. The van der Waals surface area contributed by atoms with Gasteiger partial charge in [-0.1, -0.05) is 0 Å². The monoisotopic (exact) mass is 333 g/mol. The topological polar surface area (TPSA) is 40.6 Å². The van der Waals surface area contributed by atoms with Crippen molar-refractivity contribution in [1.29, 1.82) is 0 Å². The van der Waals surface area contributed by atoms with Gasteiger partial charge in [0.25, 0.3) is 0 Å². The summed E-state index contributed by atoms with van der Waals surface area (Å²) in [4.78, 5) is 2.11. The molecule has 0 unspecified atom stereocenters. The van der Waals surface area contributed by atoms with E-state index in [1.807, 2.05) is 20.8 Å². The third kappa shape index (κ3) is 2.40. The molecule has 0 aliphatic carbocycles. The molecule has 0 amide bonds. The Balaban J connectivity index is 2.87. The minimum absolute atomic E-state index is 0.00121. The van der Waals surface area contributed by atoms with Crippen molar-refractivity contribution in [2.75, 3.05) is 22.6 Å². The van der Waals surface area contributed by atoms with Crippen molar-refractivity contribution in [2.24, 2.45) is 0 Å². The van der Waals surface area contributed by atoms with E-state index >= 15 is 0 Å². The zero-order valence-corrected chi connectivity index (χ0v) is 12.1. The molecule has 0 aromatic rings. The average Bonchev–Trinajstić information content (AvgIpc) is 2.26. The van der Waals surface area contributed by atoms with Gasteiger partial charge in [-0.2, -0.15) is 0 Å². The molecule has 0 N–H and O–H groups in total. The quantitative estimate of drug-likeness (QED) is 0.314. The molecule has 0 bridgehead atoms. The summed E-state index contributed by atoms with van der Waals surface area (Å²) in [5, 5.41) is 0. The average molecular weight is 333 g/mol. The third-order valence-electron chi connectivity index (χ3n) is 2.16. The molecule has 4 nitrogen and oxygen atoms in total. The van der Waals surface area contributed by atoms with Gasteiger partial charge in [-0.05, 0) is 0 Å². The second-order valence-corrected chi connectivity index (χ2v) is 8.37. The minimum atomic E-state index is -3.15. The molecule has 0 spiro atoms. The summed E-state index contributed by atoms with van der Waals surface area (Å²) >= 11 is -0.00121. The molecule has 0 atom stereocenters. The molecule has 1 fully saturated rings. The number of alkyl halides is 2. The van der Waals surface area contributed by atoms with Crippen molar-refractivity contribution in [2.45, 2.75) is 26.3 Å². The number of nitrogens with zero attached hydrogens (tertiary/aromatic N) is 2. The van der Waals surface area contributed by atoms with Crippen LogP contribution in [0, 0.1) is 0 Å². The Morgan fingerprint density at radius 2 is 1.86 bits per heavy atom. The first kappa shape index (κ1) is 12.7. The molecular weight excluding hydrogens is 315 g/mol. The van der Waals surface area contributed by atoms with E-state index in [4.69, 9.17) is 0 Å². The van der Waals surface area contributed by atoms with Gasteiger partial charge in [-0.15, -0.1) is 0 Å². The fourth-order valence-corrected chi connectivity index (χ4v) is 6.04. The summed E-state index contributed by atoms with van der Waals surface area (Å²) in [5.41, 5.74) is -0.292. The van der Waals surface area contributed by atoms with Gasteiger partial charge in [0.15, 0.2) is 0 Å². The van der Waals surface area contributed by atoms with Crippen molar-refractivity contribution in [3.63, 3.8) is 0 Å². The number of hydrogen-bond donors (Lipinski definition) is 0. The van der Waals surface area contributed by atoms with E-state index in [0.717, 1.165) is 4.55 Å². The Kier molecular flexibility index (Phi) is 3.83. The number of hydrogen-bond acceptors (Lipinski definition) is 2. The maximum atomic E-state index is 12.0. The van der Waals surface area contributed by atoms with E-state index in [1.165, 1.54) is 0 Å². The molecule has 14 heavy (non-hydrogen) atoms. The van der Waals surface area contributed by atoms with Crippen LogP contribution in [0.2, 0.25) is 0 Å². The predicted molar refractivity (Wildman–Crippen MR) is 52.9 cm³/mol. The summed E-state index contributed by atoms with van der Waals surface area (Å²) < 4.78 is 28.0. The van der Waals surface area contributed by atoms with Gasteiger partial charge < -0.3 is 0 Å². The van der Waals surface area contributed by atoms with Crippen LogP contribution in [-0.2, 0) is 10.2 Å². The molecule has 0 aromatic heterocycles. The van der Waals surface area contributed by atoms with Gasteiger partial charge in [0.2, 0.25) is 0 Å². The fraction of sp³-hybridized carbons (Fsp3) is 1.00. The standard InChI is InChI=1S/C8H18IN2O2S/c1-8(2,3)11-6-5-10(7-9-4)14(11,12)13/h5-7H2,1-4H3/q-1. The second-order valence-electron chi connectivity index (χ2n) is 4.31. The van der Waals surface area contributed by atoms with Crippen LogP contribution in [0.3, 0.4) is 0 Å². The maximum absolute atomic E-state index is 12.0. The summed E-state index contributed by atoms with van der Waals surface area (Å²) in [7, 11) is -3.15. The van der Waals surface area contributed by atoms with E-state index in [2.05, 4.69) is 4.93 Å². The molecular formula is C8H18IN2O2S-. The van der Waals surface area contributed by atoms with Crippen molar-refractivity contribution in [1.82, 2.24) is 8.61 Å². The van der Waals surface area contributed by atoms with Gasteiger partial charge >= 0.3 is 97.3 Å². The zero-order chi connectivity index (χ0) is 11.0. The third-order valence-corrected chi connectivity index (χ3v) is 6.38. The summed E-state index contributed by atoms with van der Waals surface area (Å²) in [6.07, 6.45) is 0. The van der Waals surface area contributed by atoms with Crippen LogP contribution in [0.25, 0.3) is 0 Å². The van der Waals surface area contributed by atoms with Crippen molar-refractivity contribution in [3.8, 4) is 0 Å². The number of halogens is 1. The van der Waals surface area contributed by atoms with Gasteiger partial charge in [0, 0.05) is 0 Å². The first-order valence-electron chi connectivity index (χ1n) is 4.52. The van der Waals surface area contributed by atoms with E-state index in [0.29, 0.717) is 13.1 Å². The molecule has 0 saturated carbocycles. The fourth-order valence-electron chi connectivity index (χ4n) is 1.51. The molecule has 1 heterocycles. The van der Waals surface area contributed by atoms with Gasteiger partial charge in [0.05, 0.1) is 0 Å². The molecule has 0 aromatic carbocycles. The van der Waals surface area contributed by atoms with Crippen LogP contribution in [0.4, 0.5) is 0 Å². The van der Waals surface area contributed by atoms with Crippen molar-refractivity contribution in [3.05, 3.63) is 0 Å². The van der Waals surface area contributed by atoms with E-state index in [1.54, 1.807) is 8.61 Å². The summed E-state index contributed by atoms with van der Waals surface area (Å²) in [6.45, 7) is 7.11. The Morgan fingerprint density at radius 1 is 1.29 bits per heavy atom. The zero-order valence-electron chi connectivity index (χ0n) is 9.12. The van der Waals surface area contributed by atoms with Crippen molar-refractivity contribution >= 4 is 10.2 Å². The summed E-state index contributed by atoms with van der Waals surface area (Å²) in [6, 6.07) is 0. The molecule has 1 aliphatic heterocycles. The number of rotatable bonds is 2. The van der Waals surface area contributed by atoms with Gasteiger partial charge in [-0.25, -0.2) is 0 Å². The molecule has 86 valence electrons. The normalized spacial score (nSPS) is 24.6. The van der Waals surface area contributed by atoms with Crippen LogP contribution < -0.4 is 21.2 Å². The van der Waals surface area contributed by atoms with E-state index < -0.39 is 10.2 Å². The Hall–Kier alpha value is 0.600. The van der Waals surface area contributed by atoms with E-state index in [9.17, 15) is 8.42 Å². The Labute approximate surface area is 97.1 Å². The molecule has 1 saturated heterocycles. The summed E-state index contributed by atoms with van der Waals surface area (Å²) in [5.74, 6) is 0. The molecule has 0 radical (unpaired) electrons. The van der Waals surface area contributed by atoms with Gasteiger partial charge in [0.1, 0.15) is 0 Å².